The Balaban J connectivity index is 1.71. The van der Waals surface area contributed by atoms with Crippen LogP contribution in [0, 0.1) is 0 Å². The van der Waals surface area contributed by atoms with Gasteiger partial charge in [0.25, 0.3) is 5.56 Å². The van der Waals surface area contributed by atoms with Gasteiger partial charge >= 0.3 is 0 Å². The highest BCUT2D eigenvalue weighted by Gasteiger charge is 2.29. The lowest BCUT2D eigenvalue weighted by Crippen LogP contribution is -2.47. The van der Waals surface area contributed by atoms with E-state index in [1.807, 2.05) is 26.0 Å². The summed E-state index contributed by atoms with van der Waals surface area (Å²) >= 11 is 0. The smallest absolute Gasteiger partial charge is 0.275 e. The van der Waals surface area contributed by atoms with Crippen molar-refractivity contribution < 1.29 is 9.53 Å². The Morgan fingerprint density at radius 3 is 3.00 bits per heavy atom. The number of rotatable bonds is 3. The number of benzene rings is 1. The third-order valence-electron chi connectivity index (χ3n) is 4.12. The molecule has 1 aromatic heterocycles. The predicted octanol–water partition coefficient (Wildman–Crippen LogP) is 1.47. The van der Waals surface area contributed by atoms with Crippen LogP contribution in [0.4, 0.5) is 0 Å². The normalized spacial score (nSPS) is 20.3. The average molecular weight is 315 g/mol. The van der Waals surface area contributed by atoms with Gasteiger partial charge in [0.05, 0.1) is 17.2 Å². The number of ether oxygens (including phenoxy) is 1. The predicted molar refractivity (Wildman–Crippen MR) is 87.2 cm³/mol. The molecular formula is C17H21N3O3. The van der Waals surface area contributed by atoms with Gasteiger partial charge in [0, 0.05) is 18.0 Å². The number of hydrogen-bond donors (Lipinski definition) is 1. The number of carbonyl (C=O) groups excluding carboxylic acids is 1. The molecule has 2 heterocycles. The summed E-state index contributed by atoms with van der Waals surface area (Å²) in [7, 11) is 0. The van der Waals surface area contributed by atoms with E-state index < -0.39 is 0 Å². The molecule has 0 unspecified atom stereocenters. The second-order valence-electron chi connectivity index (χ2n) is 6.56. The minimum absolute atomic E-state index is 0.0680. The summed E-state index contributed by atoms with van der Waals surface area (Å²) < 4.78 is 6.85. The Kier molecular flexibility index (Phi) is 4.17. The van der Waals surface area contributed by atoms with Gasteiger partial charge in [0.15, 0.2) is 0 Å². The minimum atomic E-state index is -0.245. The summed E-state index contributed by atoms with van der Waals surface area (Å²) in [5.74, 6) is -0.197. The molecule has 1 N–H and O–H groups in total. The maximum atomic E-state index is 12.4. The quantitative estimate of drug-likeness (QED) is 0.931. The molecule has 0 radical (unpaired) electrons. The van der Waals surface area contributed by atoms with Crippen molar-refractivity contribution in [2.45, 2.75) is 44.9 Å². The first-order valence-corrected chi connectivity index (χ1v) is 7.83. The zero-order chi connectivity index (χ0) is 16.4. The molecule has 1 aliphatic rings. The number of hydrogen-bond acceptors (Lipinski definition) is 4. The van der Waals surface area contributed by atoms with Gasteiger partial charge in [-0.05, 0) is 32.8 Å². The second-order valence-corrected chi connectivity index (χ2v) is 6.56. The molecule has 1 saturated heterocycles. The molecule has 1 fully saturated rings. The lowest BCUT2D eigenvalue weighted by atomic mass is 9.94. The summed E-state index contributed by atoms with van der Waals surface area (Å²) in [6.45, 7) is 4.59. The molecule has 0 aliphatic carbocycles. The van der Waals surface area contributed by atoms with Gasteiger partial charge in [-0.15, -0.1) is 0 Å². The van der Waals surface area contributed by atoms with E-state index in [1.165, 1.54) is 4.68 Å². The Labute approximate surface area is 134 Å². The van der Waals surface area contributed by atoms with E-state index in [1.54, 1.807) is 18.3 Å². The first-order chi connectivity index (χ1) is 10.9. The van der Waals surface area contributed by atoms with E-state index in [9.17, 15) is 9.59 Å². The monoisotopic (exact) mass is 315 g/mol. The standard InChI is InChI=1S/C17H21N3O3/c1-17(2)9-13(7-8-23-17)19-15(21)11-20-16(22)14-6-4-3-5-12(14)10-18-20/h3-6,10,13H,7-9,11H2,1-2H3,(H,19,21)/t13-/m0/s1. The van der Waals surface area contributed by atoms with Crippen LogP contribution in [-0.4, -0.2) is 33.9 Å². The molecule has 1 amide bonds. The van der Waals surface area contributed by atoms with Crippen LogP contribution >= 0.6 is 0 Å². The Hall–Kier alpha value is -2.21. The molecular weight excluding hydrogens is 294 g/mol. The van der Waals surface area contributed by atoms with Crippen LogP contribution in [0.25, 0.3) is 10.8 Å². The molecule has 0 saturated carbocycles. The van der Waals surface area contributed by atoms with Crippen molar-refractivity contribution in [3.8, 4) is 0 Å². The van der Waals surface area contributed by atoms with Crippen molar-refractivity contribution in [2.24, 2.45) is 0 Å². The molecule has 3 rings (SSSR count). The third-order valence-corrected chi connectivity index (χ3v) is 4.12. The largest absolute Gasteiger partial charge is 0.375 e. The number of nitrogens with zero attached hydrogens (tertiary/aromatic N) is 2. The molecule has 1 aromatic carbocycles. The Morgan fingerprint density at radius 2 is 2.22 bits per heavy atom. The van der Waals surface area contributed by atoms with Crippen LogP contribution in [0.15, 0.2) is 35.3 Å². The number of aromatic nitrogens is 2. The highest BCUT2D eigenvalue weighted by atomic mass is 16.5. The zero-order valence-corrected chi connectivity index (χ0v) is 13.4. The fourth-order valence-corrected chi connectivity index (χ4v) is 3.00. The average Bonchev–Trinajstić information content (AvgIpc) is 2.49. The van der Waals surface area contributed by atoms with Crippen LogP contribution in [0.5, 0.6) is 0 Å². The SMILES string of the molecule is CC1(C)C[C@@H](NC(=O)Cn2ncc3ccccc3c2=O)CCO1. The van der Waals surface area contributed by atoms with Crippen molar-refractivity contribution in [3.63, 3.8) is 0 Å². The third kappa shape index (κ3) is 3.59. The maximum Gasteiger partial charge on any atom is 0.275 e. The van der Waals surface area contributed by atoms with Crippen LogP contribution in [0.1, 0.15) is 26.7 Å². The van der Waals surface area contributed by atoms with Crippen molar-refractivity contribution in [3.05, 3.63) is 40.8 Å². The van der Waals surface area contributed by atoms with E-state index in [0.29, 0.717) is 12.0 Å². The number of fused-ring (bicyclic) bond motifs is 1. The summed E-state index contributed by atoms with van der Waals surface area (Å²) in [6.07, 6.45) is 3.16. The van der Waals surface area contributed by atoms with E-state index in [0.717, 1.165) is 18.2 Å². The fraction of sp³-hybridized carbons (Fsp3) is 0.471. The topological polar surface area (TPSA) is 73.2 Å². The highest BCUT2D eigenvalue weighted by Crippen LogP contribution is 2.23. The lowest BCUT2D eigenvalue weighted by molar-refractivity contribution is -0.124. The first-order valence-electron chi connectivity index (χ1n) is 7.83. The van der Waals surface area contributed by atoms with Crippen LogP contribution in [-0.2, 0) is 16.1 Å². The van der Waals surface area contributed by atoms with E-state index in [4.69, 9.17) is 4.74 Å². The van der Waals surface area contributed by atoms with Crippen LogP contribution in [0.3, 0.4) is 0 Å². The molecule has 2 aromatic rings. The number of amides is 1. The van der Waals surface area contributed by atoms with Gasteiger partial charge in [0.2, 0.25) is 5.91 Å². The zero-order valence-electron chi connectivity index (χ0n) is 13.4. The van der Waals surface area contributed by atoms with Gasteiger partial charge in [-0.1, -0.05) is 18.2 Å². The Morgan fingerprint density at radius 1 is 1.43 bits per heavy atom. The van der Waals surface area contributed by atoms with E-state index >= 15 is 0 Å². The summed E-state index contributed by atoms with van der Waals surface area (Å²) in [6, 6.07) is 7.31. The van der Waals surface area contributed by atoms with Crippen molar-refractivity contribution in [2.75, 3.05) is 6.61 Å². The summed E-state index contributed by atoms with van der Waals surface area (Å²) in [5.41, 5.74) is -0.473. The van der Waals surface area contributed by atoms with Gasteiger partial charge in [0.1, 0.15) is 6.54 Å². The molecule has 0 spiro atoms. The van der Waals surface area contributed by atoms with Crippen LogP contribution in [0.2, 0.25) is 0 Å². The van der Waals surface area contributed by atoms with Gasteiger partial charge < -0.3 is 10.1 Å². The van der Waals surface area contributed by atoms with Crippen LogP contribution < -0.4 is 10.9 Å². The molecule has 0 bridgehead atoms. The lowest BCUT2D eigenvalue weighted by Gasteiger charge is -2.35. The number of carbonyl (C=O) groups is 1. The summed E-state index contributed by atoms with van der Waals surface area (Å²) in [5, 5.41) is 8.42. The molecule has 1 atom stereocenters. The van der Waals surface area contributed by atoms with Crippen molar-refractivity contribution >= 4 is 16.7 Å². The van der Waals surface area contributed by atoms with Crippen molar-refractivity contribution in [1.29, 1.82) is 0 Å². The molecule has 122 valence electrons. The molecule has 23 heavy (non-hydrogen) atoms. The van der Waals surface area contributed by atoms with Gasteiger partial charge in [-0.2, -0.15) is 5.10 Å². The van der Waals surface area contributed by atoms with Crippen molar-refractivity contribution in [1.82, 2.24) is 15.1 Å². The summed E-state index contributed by atoms with van der Waals surface area (Å²) in [4.78, 5) is 24.6. The molecule has 6 heteroatoms. The first kappa shape index (κ1) is 15.7. The van der Waals surface area contributed by atoms with E-state index in [-0.39, 0.29) is 29.7 Å². The number of nitrogens with one attached hydrogen (secondary N) is 1. The van der Waals surface area contributed by atoms with Gasteiger partial charge in [-0.3, -0.25) is 9.59 Å². The minimum Gasteiger partial charge on any atom is -0.375 e. The highest BCUT2D eigenvalue weighted by molar-refractivity contribution is 5.81. The van der Waals surface area contributed by atoms with E-state index in [2.05, 4.69) is 10.4 Å². The fourth-order valence-electron chi connectivity index (χ4n) is 3.00. The maximum absolute atomic E-state index is 12.4. The molecule has 6 nitrogen and oxygen atoms in total. The molecule has 1 aliphatic heterocycles. The Bertz CT molecular complexity index is 782. The second kappa shape index (κ2) is 6.12. The van der Waals surface area contributed by atoms with Gasteiger partial charge in [-0.25, -0.2) is 4.68 Å².